The highest BCUT2D eigenvalue weighted by Crippen LogP contribution is 2.35. The van der Waals surface area contributed by atoms with Crippen molar-refractivity contribution in [2.24, 2.45) is 0 Å². The first-order valence-corrected chi connectivity index (χ1v) is 11.6. The van der Waals surface area contributed by atoms with Gasteiger partial charge in [0, 0.05) is 43.5 Å². The van der Waals surface area contributed by atoms with Gasteiger partial charge in [0.15, 0.2) is 17.6 Å². The van der Waals surface area contributed by atoms with Crippen molar-refractivity contribution in [3.63, 3.8) is 0 Å². The second-order valence-corrected chi connectivity index (χ2v) is 8.56. The minimum atomic E-state index is -0.672. The Balaban J connectivity index is 1.47. The predicted molar refractivity (Wildman–Crippen MR) is 131 cm³/mol. The summed E-state index contributed by atoms with van der Waals surface area (Å²) in [4.78, 5) is 15.1. The molecule has 180 valence electrons. The van der Waals surface area contributed by atoms with E-state index < -0.39 is 12.3 Å². The van der Waals surface area contributed by atoms with Crippen molar-refractivity contribution in [1.29, 1.82) is 0 Å². The molecule has 9 heteroatoms. The van der Waals surface area contributed by atoms with E-state index in [1.165, 1.54) is 7.11 Å². The standard InChI is InChI=1S/C24H33ClN4O4/c1-3-20(33-22-14-19(26)18(25)13-21(22)32-2)24(31)28-17-9-11-29(12-10-17)15-23(30)27-16-7-5-4-6-8-16/h4-8,13-14,17,20,23,27,30H,3,9-12,15,26H2,1-2H3,(H,28,31). The molecular weight excluding hydrogens is 444 g/mol. The lowest BCUT2D eigenvalue weighted by molar-refractivity contribution is -0.129. The van der Waals surface area contributed by atoms with Crippen LogP contribution in [0.15, 0.2) is 42.5 Å². The van der Waals surface area contributed by atoms with Crippen molar-refractivity contribution in [1.82, 2.24) is 10.2 Å². The quantitative estimate of drug-likeness (QED) is 0.308. The Hall–Kier alpha value is -2.68. The highest BCUT2D eigenvalue weighted by molar-refractivity contribution is 6.33. The normalized spacial score (nSPS) is 16.6. The van der Waals surface area contributed by atoms with Gasteiger partial charge in [0.2, 0.25) is 0 Å². The third-order valence-electron chi connectivity index (χ3n) is 5.69. The molecule has 0 radical (unpaired) electrons. The number of β-amino-alcohol motifs (C(OH)–C–C–N with tert-alkyl or cyclic N) is 1. The number of amides is 1. The van der Waals surface area contributed by atoms with Gasteiger partial charge in [-0.2, -0.15) is 0 Å². The highest BCUT2D eigenvalue weighted by Gasteiger charge is 2.26. The molecule has 1 aliphatic heterocycles. The van der Waals surface area contributed by atoms with Crippen molar-refractivity contribution in [2.45, 2.75) is 44.6 Å². The SMILES string of the molecule is CCC(Oc1cc(N)c(Cl)cc1OC)C(=O)NC1CCN(CC(O)Nc2ccccc2)CC1. The Morgan fingerprint density at radius 3 is 2.58 bits per heavy atom. The van der Waals surface area contributed by atoms with Crippen LogP contribution in [0.4, 0.5) is 11.4 Å². The summed E-state index contributed by atoms with van der Waals surface area (Å²) in [7, 11) is 1.51. The van der Waals surface area contributed by atoms with Crippen molar-refractivity contribution in [3.05, 3.63) is 47.5 Å². The van der Waals surface area contributed by atoms with Gasteiger partial charge in [-0.05, 0) is 31.4 Å². The number of aliphatic hydroxyl groups excluding tert-OH is 1. The molecule has 0 bridgehead atoms. The van der Waals surface area contributed by atoms with E-state index in [4.69, 9.17) is 26.8 Å². The van der Waals surface area contributed by atoms with Crippen molar-refractivity contribution in [2.75, 3.05) is 37.8 Å². The van der Waals surface area contributed by atoms with Gasteiger partial charge in [-0.15, -0.1) is 0 Å². The maximum Gasteiger partial charge on any atom is 0.261 e. The molecule has 1 fully saturated rings. The van der Waals surface area contributed by atoms with Crippen molar-refractivity contribution in [3.8, 4) is 11.5 Å². The molecular formula is C24H33ClN4O4. The molecule has 33 heavy (non-hydrogen) atoms. The average Bonchev–Trinajstić information content (AvgIpc) is 2.81. The first kappa shape index (κ1) is 25.0. The van der Waals surface area contributed by atoms with E-state index in [0.29, 0.717) is 35.2 Å². The third kappa shape index (κ3) is 7.15. The van der Waals surface area contributed by atoms with Crippen LogP contribution in [0.2, 0.25) is 5.02 Å². The van der Waals surface area contributed by atoms with Crippen LogP contribution in [0, 0.1) is 0 Å². The predicted octanol–water partition coefficient (Wildman–Crippen LogP) is 3.10. The van der Waals surface area contributed by atoms with Gasteiger partial charge in [0.25, 0.3) is 5.91 Å². The lowest BCUT2D eigenvalue weighted by Crippen LogP contribution is -2.50. The number of likely N-dealkylation sites (tertiary alicyclic amines) is 1. The smallest absolute Gasteiger partial charge is 0.261 e. The van der Waals surface area contributed by atoms with E-state index in [0.717, 1.165) is 31.6 Å². The van der Waals surface area contributed by atoms with Crippen LogP contribution in [0.5, 0.6) is 11.5 Å². The maximum atomic E-state index is 12.9. The number of hydrogen-bond acceptors (Lipinski definition) is 7. The van der Waals surface area contributed by atoms with Gasteiger partial charge < -0.3 is 30.9 Å². The summed E-state index contributed by atoms with van der Waals surface area (Å²) in [5.74, 6) is 0.643. The summed E-state index contributed by atoms with van der Waals surface area (Å²) in [6.07, 6.45) is 0.774. The first-order valence-electron chi connectivity index (χ1n) is 11.2. The summed E-state index contributed by atoms with van der Waals surface area (Å²) >= 11 is 6.05. The third-order valence-corrected chi connectivity index (χ3v) is 6.01. The summed E-state index contributed by atoms with van der Waals surface area (Å²) in [5, 5.41) is 16.9. The summed E-state index contributed by atoms with van der Waals surface area (Å²) < 4.78 is 11.2. The Kier molecular flexibility index (Phi) is 9.05. The molecule has 0 spiro atoms. The Morgan fingerprint density at radius 2 is 1.94 bits per heavy atom. The number of halogens is 1. The lowest BCUT2D eigenvalue weighted by atomic mass is 10.0. The lowest BCUT2D eigenvalue weighted by Gasteiger charge is -2.34. The molecule has 0 saturated carbocycles. The number of nitrogens with zero attached hydrogens (tertiary/aromatic N) is 1. The molecule has 3 rings (SSSR count). The fourth-order valence-electron chi connectivity index (χ4n) is 3.85. The number of aliphatic hydroxyl groups is 1. The molecule has 2 unspecified atom stereocenters. The van der Waals surface area contributed by atoms with Crippen LogP contribution in [-0.2, 0) is 4.79 Å². The van der Waals surface area contributed by atoms with E-state index in [9.17, 15) is 9.90 Å². The minimum Gasteiger partial charge on any atom is -0.493 e. The van der Waals surface area contributed by atoms with Crippen LogP contribution < -0.4 is 25.8 Å². The number of carbonyl (C=O) groups is 1. The molecule has 2 aromatic carbocycles. The van der Waals surface area contributed by atoms with Crippen LogP contribution in [0.25, 0.3) is 0 Å². The van der Waals surface area contributed by atoms with Gasteiger partial charge in [0.1, 0.15) is 6.23 Å². The Bertz CT molecular complexity index is 907. The molecule has 0 aliphatic carbocycles. The number of piperidine rings is 1. The molecule has 2 atom stereocenters. The van der Waals surface area contributed by atoms with E-state index in [-0.39, 0.29) is 11.9 Å². The number of ether oxygens (including phenoxy) is 2. The monoisotopic (exact) mass is 476 g/mol. The minimum absolute atomic E-state index is 0.0582. The number of para-hydroxylation sites is 1. The first-order chi connectivity index (χ1) is 15.9. The number of hydrogen-bond donors (Lipinski definition) is 4. The van der Waals surface area contributed by atoms with Crippen LogP contribution in [0.3, 0.4) is 0 Å². The maximum absolute atomic E-state index is 12.9. The highest BCUT2D eigenvalue weighted by atomic mass is 35.5. The molecule has 2 aromatic rings. The van der Waals surface area contributed by atoms with Crippen LogP contribution >= 0.6 is 11.6 Å². The molecule has 1 saturated heterocycles. The molecule has 1 aliphatic rings. The van der Waals surface area contributed by atoms with Gasteiger partial charge in [-0.25, -0.2) is 0 Å². The number of nitrogens with one attached hydrogen (secondary N) is 2. The van der Waals surface area contributed by atoms with Crippen molar-refractivity contribution >= 4 is 28.9 Å². The molecule has 1 heterocycles. The zero-order valence-corrected chi connectivity index (χ0v) is 19.8. The second kappa shape index (κ2) is 12.0. The Labute approximate surface area is 200 Å². The van der Waals surface area contributed by atoms with E-state index in [1.54, 1.807) is 12.1 Å². The van der Waals surface area contributed by atoms with Crippen LogP contribution in [0.1, 0.15) is 26.2 Å². The zero-order valence-electron chi connectivity index (χ0n) is 19.1. The van der Waals surface area contributed by atoms with E-state index >= 15 is 0 Å². The second-order valence-electron chi connectivity index (χ2n) is 8.15. The number of rotatable bonds is 10. The fraction of sp³-hybridized carbons (Fsp3) is 0.458. The number of anilines is 2. The van der Waals surface area contributed by atoms with Gasteiger partial charge in [0.05, 0.1) is 17.8 Å². The topological polar surface area (TPSA) is 109 Å². The van der Waals surface area contributed by atoms with Gasteiger partial charge >= 0.3 is 0 Å². The largest absolute Gasteiger partial charge is 0.493 e. The van der Waals surface area contributed by atoms with E-state index in [1.807, 2.05) is 37.3 Å². The van der Waals surface area contributed by atoms with Crippen molar-refractivity contribution < 1.29 is 19.4 Å². The number of carbonyl (C=O) groups excluding carboxylic acids is 1. The zero-order chi connectivity index (χ0) is 23.8. The number of nitrogens with two attached hydrogens (primary N) is 1. The summed E-state index contributed by atoms with van der Waals surface area (Å²) in [6, 6.07) is 12.8. The number of benzene rings is 2. The summed E-state index contributed by atoms with van der Waals surface area (Å²) in [5.41, 5.74) is 7.13. The molecule has 0 aromatic heterocycles. The summed E-state index contributed by atoms with van der Waals surface area (Å²) in [6.45, 7) is 3.99. The number of methoxy groups -OCH3 is 1. The Morgan fingerprint density at radius 1 is 1.24 bits per heavy atom. The fourth-order valence-corrected chi connectivity index (χ4v) is 4.00. The number of nitrogen functional groups attached to an aromatic ring is 1. The molecule has 8 nitrogen and oxygen atoms in total. The van der Waals surface area contributed by atoms with Crippen LogP contribution in [-0.4, -0.2) is 61.0 Å². The molecule has 1 amide bonds. The average molecular weight is 477 g/mol. The van der Waals surface area contributed by atoms with Gasteiger partial charge in [-0.1, -0.05) is 36.7 Å². The van der Waals surface area contributed by atoms with Gasteiger partial charge in [-0.3, -0.25) is 9.69 Å². The molecule has 5 N–H and O–H groups in total. The van der Waals surface area contributed by atoms with E-state index in [2.05, 4.69) is 15.5 Å².